The maximum absolute atomic E-state index is 12.2. The first-order valence-corrected chi connectivity index (χ1v) is 8.10. The average Bonchev–Trinajstić information content (AvgIpc) is 2.60. The van der Waals surface area contributed by atoms with Crippen molar-refractivity contribution in [3.05, 3.63) is 35.9 Å². The van der Waals surface area contributed by atoms with E-state index in [0.717, 1.165) is 12.1 Å². The van der Waals surface area contributed by atoms with E-state index in [1.807, 2.05) is 6.07 Å². The molecular formula is C18H24N4O3. The number of aromatic nitrogens is 2. The maximum atomic E-state index is 12.2. The SMILES string of the molecule is COc1ccc(CC(=O)Nc2ccc(NCC(C)C)nn2)cc1OC. The molecule has 0 saturated carbocycles. The molecule has 2 rings (SSSR count). The Balaban J connectivity index is 1.93. The third-order valence-electron chi connectivity index (χ3n) is 3.44. The van der Waals surface area contributed by atoms with Gasteiger partial charge < -0.3 is 20.1 Å². The number of rotatable bonds is 8. The molecule has 0 unspecified atom stereocenters. The second kappa shape index (κ2) is 8.86. The summed E-state index contributed by atoms with van der Waals surface area (Å²) in [6.45, 7) is 5.05. The number of nitrogens with one attached hydrogen (secondary N) is 2. The molecule has 0 aliphatic rings. The van der Waals surface area contributed by atoms with E-state index in [1.165, 1.54) is 0 Å². The number of nitrogens with zero attached hydrogens (tertiary/aromatic N) is 2. The van der Waals surface area contributed by atoms with Gasteiger partial charge in [-0.1, -0.05) is 19.9 Å². The zero-order valence-electron chi connectivity index (χ0n) is 15.0. The van der Waals surface area contributed by atoms with E-state index < -0.39 is 0 Å². The van der Waals surface area contributed by atoms with Gasteiger partial charge in [-0.25, -0.2) is 0 Å². The summed E-state index contributed by atoms with van der Waals surface area (Å²) < 4.78 is 10.4. The quantitative estimate of drug-likeness (QED) is 0.766. The summed E-state index contributed by atoms with van der Waals surface area (Å²) in [5.74, 6) is 2.66. The summed E-state index contributed by atoms with van der Waals surface area (Å²) in [7, 11) is 3.13. The van der Waals surface area contributed by atoms with Crippen molar-refractivity contribution in [2.45, 2.75) is 20.3 Å². The highest BCUT2D eigenvalue weighted by molar-refractivity contribution is 5.91. The van der Waals surface area contributed by atoms with Crippen LogP contribution in [0.25, 0.3) is 0 Å². The number of anilines is 2. The molecule has 1 heterocycles. The van der Waals surface area contributed by atoms with Crippen molar-refractivity contribution in [3.8, 4) is 11.5 Å². The fourth-order valence-electron chi connectivity index (χ4n) is 2.16. The van der Waals surface area contributed by atoms with E-state index in [0.29, 0.717) is 29.1 Å². The first-order chi connectivity index (χ1) is 12.0. The van der Waals surface area contributed by atoms with Crippen molar-refractivity contribution in [2.75, 3.05) is 31.4 Å². The lowest BCUT2D eigenvalue weighted by molar-refractivity contribution is -0.115. The Morgan fingerprint density at radius 1 is 1.04 bits per heavy atom. The van der Waals surface area contributed by atoms with Crippen molar-refractivity contribution >= 4 is 17.5 Å². The molecule has 0 fully saturated rings. The third kappa shape index (κ3) is 5.63. The number of carbonyl (C=O) groups is 1. The van der Waals surface area contributed by atoms with Crippen LogP contribution in [0.15, 0.2) is 30.3 Å². The van der Waals surface area contributed by atoms with E-state index in [-0.39, 0.29) is 12.3 Å². The second-order valence-corrected chi connectivity index (χ2v) is 5.99. The highest BCUT2D eigenvalue weighted by Crippen LogP contribution is 2.27. The van der Waals surface area contributed by atoms with Crippen molar-refractivity contribution in [2.24, 2.45) is 5.92 Å². The van der Waals surface area contributed by atoms with Crippen LogP contribution >= 0.6 is 0 Å². The fourth-order valence-corrected chi connectivity index (χ4v) is 2.16. The molecule has 134 valence electrons. The van der Waals surface area contributed by atoms with Crippen molar-refractivity contribution in [1.29, 1.82) is 0 Å². The molecule has 2 N–H and O–H groups in total. The summed E-state index contributed by atoms with van der Waals surface area (Å²) in [6.07, 6.45) is 0.204. The molecule has 25 heavy (non-hydrogen) atoms. The highest BCUT2D eigenvalue weighted by atomic mass is 16.5. The number of ether oxygens (including phenoxy) is 2. The standard InChI is InChI=1S/C18H24N4O3/c1-12(2)11-19-16-7-8-17(22-21-16)20-18(23)10-13-5-6-14(24-3)15(9-13)25-4/h5-9,12H,10-11H2,1-4H3,(H,19,21)(H,20,22,23). The minimum absolute atomic E-state index is 0.176. The molecule has 0 radical (unpaired) electrons. The summed E-state index contributed by atoms with van der Waals surface area (Å²) in [5.41, 5.74) is 0.818. The third-order valence-corrected chi connectivity index (χ3v) is 3.44. The van der Waals surface area contributed by atoms with Crippen molar-refractivity contribution in [3.63, 3.8) is 0 Å². The van der Waals surface area contributed by atoms with Crippen molar-refractivity contribution in [1.82, 2.24) is 10.2 Å². The summed E-state index contributed by atoms with van der Waals surface area (Å²) in [5, 5.41) is 14.0. The van der Waals surface area contributed by atoms with Gasteiger partial charge in [-0.05, 0) is 35.7 Å². The molecule has 2 aromatic rings. The van der Waals surface area contributed by atoms with Gasteiger partial charge in [0.05, 0.1) is 20.6 Å². The van der Waals surface area contributed by atoms with Gasteiger partial charge in [-0.15, -0.1) is 10.2 Å². The monoisotopic (exact) mass is 344 g/mol. The van der Waals surface area contributed by atoms with Crippen LogP contribution in [0.4, 0.5) is 11.6 Å². The Labute approximate surface area is 147 Å². The Morgan fingerprint density at radius 2 is 1.72 bits per heavy atom. The number of hydrogen-bond acceptors (Lipinski definition) is 6. The predicted octanol–water partition coefficient (Wildman–Crippen LogP) is 2.74. The van der Waals surface area contributed by atoms with Gasteiger partial charge >= 0.3 is 0 Å². The van der Waals surface area contributed by atoms with Crippen molar-refractivity contribution < 1.29 is 14.3 Å². The van der Waals surface area contributed by atoms with Crippen LogP contribution in [0.3, 0.4) is 0 Å². The lowest BCUT2D eigenvalue weighted by Crippen LogP contribution is -2.16. The van der Waals surface area contributed by atoms with E-state index in [9.17, 15) is 4.79 Å². The Bertz CT molecular complexity index is 702. The van der Waals surface area contributed by atoms with Gasteiger partial charge in [-0.3, -0.25) is 4.79 Å². The smallest absolute Gasteiger partial charge is 0.229 e. The largest absolute Gasteiger partial charge is 0.493 e. The lowest BCUT2D eigenvalue weighted by Gasteiger charge is -2.10. The second-order valence-electron chi connectivity index (χ2n) is 5.99. The van der Waals surface area contributed by atoms with Crippen LogP contribution in [0.5, 0.6) is 11.5 Å². The molecule has 0 aliphatic carbocycles. The molecule has 0 saturated heterocycles. The van der Waals surface area contributed by atoms with E-state index in [2.05, 4.69) is 34.7 Å². The molecule has 0 aliphatic heterocycles. The van der Waals surface area contributed by atoms with Crippen LogP contribution in [-0.4, -0.2) is 36.9 Å². The van der Waals surface area contributed by atoms with Gasteiger partial charge in [0.15, 0.2) is 17.3 Å². The van der Waals surface area contributed by atoms with Gasteiger partial charge in [0.2, 0.25) is 5.91 Å². The predicted molar refractivity (Wildman–Crippen MR) is 97.2 cm³/mol. The summed E-state index contributed by atoms with van der Waals surface area (Å²) in [4.78, 5) is 12.2. The lowest BCUT2D eigenvalue weighted by atomic mass is 10.1. The molecule has 0 bridgehead atoms. The topological polar surface area (TPSA) is 85.4 Å². The average molecular weight is 344 g/mol. The number of methoxy groups -OCH3 is 2. The Hall–Kier alpha value is -2.83. The molecular weight excluding hydrogens is 320 g/mol. The first-order valence-electron chi connectivity index (χ1n) is 8.10. The van der Waals surface area contributed by atoms with E-state index >= 15 is 0 Å². The summed E-state index contributed by atoms with van der Waals surface area (Å²) in [6, 6.07) is 8.90. The van der Waals surface area contributed by atoms with Gasteiger partial charge in [0.1, 0.15) is 5.82 Å². The van der Waals surface area contributed by atoms with Crippen LogP contribution in [0, 0.1) is 5.92 Å². The van der Waals surface area contributed by atoms with Crippen LogP contribution in [0.1, 0.15) is 19.4 Å². The van der Waals surface area contributed by atoms with E-state index in [4.69, 9.17) is 9.47 Å². The molecule has 7 heteroatoms. The zero-order chi connectivity index (χ0) is 18.2. The molecule has 1 amide bonds. The van der Waals surface area contributed by atoms with Gasteiger partial charge in [0, 0.05) is 6.54 Å². The first kappa shape index (κ1) is 18.5. The number of amides is 1. The minimum Gasteiger partial charge on any atom is -0.493 e. The van der Waals surface area contributed by atoms with Crippen LogP contribution in [-0.2, 0) is 11.2 Å². The molecule has 1 aromatic carbocycles. The fraction of sp³-hybridized carbons (Fsp3) is 0.389. The highest BCUT2D eigenvalue weighted by Gasteiger charge is 2.09. The van der Waals surface area contributed by atoms with Crippen LogP contribution in [0.2, 0.25) is 0 Å². The Kier molecular flexibility index (Phi) is 6.56. The summed E-state index contributed by atoms with van der Waals surface area (Å²) >= 11 is 0. The molecule has 1 aromatic heterocycles. The maximum Gasteiger partial charge on any atom is 0.229 e. The zero-order valence-corrected chi connectivity index (χ0v) is 15.0. The number of benzene rings is 1. The molecule has 0 spiro atoms. The Morgan fingerprint density at radius 3 is 2.32 bits per heavy atom. The molecule has 7 nitrogen and oxygen atoms in total. The number of carbonyl (C=O) groups excluding carboxylic acids is 1. The van der Waals surface area contributed by atoms with Gasteiger partial charge in [0.25, 0.3) is 0 Å². The van der Waals surface area contributed by atoms with Crippen LogP contribution < -0.4 is 20.1 Å². The minimum atomic E-state index is -0.176. The van der Waals surface area contributed by atoms with Gasteiger partial charge in [-0.2, -0.15) is 0 Å². The number of hydrogen-bond donors (Lipinski definition) is 2. The van der Waals surface area contributed by atoms with E-state index in [1.54, 1.807) is 38.5 Å². The normalized spacial score (nSPS) is 10.4. The molecule has 0 atom stereocenters.